The molecule has 2 aromatic carbocycles. The Bertz CT molecular complexity index is 743. The van der Waals surface area contributed by atoms with Gasteiger partial charge in [-0.3, -0.25) is 4.90 Å². The van der Waals surface area contributed by atoms with Gasteiger partial charge in [-0.2, -0.15) is 0 Å². The van der Waals surface area contributed by atoms with Crippen molar-refractivity contribution in [2.45, 2.75) is 31.7 Å². The standard InChI is InChI=1S/C25H35N3O/c1-29-25-14-6-5-13-24(25)28-19-17-27(18-20-28)23-12-8-16-26(21-23)15-7-11-22-9-3-2-4-10-22/h2-6,9-10,13-14,23H,7-8,11-12,15-21H2,1H3/t23-/m0/s1. The molecule has 0 radical (unpaired) electrons. The average molecular weight is 394 g/mol. The summed E-state index contributed by atoms with van der Waals surface area (Å²) in [4.78, 5) is 7.91. The zero-order valence-electron chi connectivity index (χ0n) is 17.8. The molecule has 156 valence electrons. The second-order valence-corrected chi connectivity index (χ2v) is 8.38. The molecule has 0 spiro atoms. The molecule has 0 bridgehead atoms. The molecule has 0 N–H and O–H groups in total. The van der Waals surface area contributed by atoms with Crippen molar-refractivity contribution in [2.24, 2.45) is 0 Å². The predicted octanol–water partition coefficient (Wildman–Crippen LogP) is 3.91. The Kier molecular flexibility index (Phi) is 7.07. The summed E-state index contributed by atoms with van der Waals surface area (Å²) >= 11 is 0. The van der Waals surface area contributed by atoms with Crippen molar-refractivity contribution in [3.8, 4) is 5.75 Å². The van der Waals surface area contributed by atoms with Crippen LogP contribution in [0.25, 0.3) is 0 Å². The molecule has 2 aromatic rings. The maximum atomic E-state index is 5.56. The summed E-state index contributed by atoms with van der Waals surface area (Å²) in [6, 6.07) is 20.0. The number of anilines is 1. The molecule has 0 saturated carbocycles. The van der Waals surface area contributed by atoms with E-state index in [1.54, 1.807) is 7.11 Å². The fourth-order valence-corrected chi connectivity index (χ4v) is 4.90. The molecule has 2 saturated heterocycles. The molecule has 0 unspecified atom stereocenters. The molecule has 4 rings (SSSR count). The van der Waals surface area contributed by atoms with E-state index in [1.807, 2.05) is 6.07 Å². The summed E-state index contributed by atoms with van der Waals surface area (Å²) in [5, 5.41) is 0. The maximum absolute atomic E-state index is 5.56. The first kappa shape index (κ1) is 20.2. The highest BCUT2D eigenvalue weighted by Gasteiger charge is 2.28. The molecule has 0 aliphatic carbocycles. The van der Waals surface area contributed by atoms with E-state index in [9.17, 15) is 0 Å². The largest absolute Gasteiger partial charge is 0.495 e. The van der Waals surface area contributed by atoms with E-state index >= 15 is 0 Å². The van der Waals surface area contributed by atoms with Crippen LogP contribution in [-0.2, 0) is 6.42 Å². The minimum atomic E-state index is 0.722. The van der Waals surface area contributed by atoms with Crippen LogP contribution in [0, 0.1) is 0 Å². The van der Waals surface area contributed by atoms with Crippen LogP contribution in [0.4, 0.5) is 5.69 Å². The molecule has 2 fully saturated rings. The van der Waals surface area contributed by atoms with Gasteiger partial charge in [0, 0.05) is 38.8 Å². The highest BCUT2D eigenvalue weighted by molar-refractivity contribution is 5.58. The molecule has 4 nitrogen and oxygen atoms in total. The van der Waals surface area contributed by atoms with Gasteiger partial charge in [-0.05, 0) is 56.5 Å². The van der Waals surface area contributed by atoms with Gasteiger partial charge in [0.05, 0.1) is 12.8 Å². The van der Waals surface area contributed by atoms with Gasteiger partial charge >= 0.3 is 0 Å². The number of piperazine rings is 1. The molecule has 2 aliphatic heterocycles. The highest BCUT2D eigenvalue weighted by Crippen LogP contribution is 2.29. The molecule has 0 aromatic heterocycles. The maximum Gasteiger partial charge on any atom is 0.142 e. The zero-order chi connectivity index (χ0) is 19.9. The Balaban J connectivity index is 1.24. The lowest BCUT2D eigenvalue weighted by molar-refractivity contribution is 0.0920. The van der Waals surface area contributed by atoms with Crippen molar-refractivity contribution in [1.29, 1.82) is 0 Å². The zero-order valence-corrected chi connectivity index (χ0v) is 17.8. The van der Waals surface area contributed by atoms with E-state index in [2.05, 4.69) is 63.2 Å². The number of nitrogens with zero attached hydrogens (tertiary/aromatic N) is 3. The normalized spacial score (nSPS) is 21.3. The van der Waals surface area contributed by atoms with Crippen LogP contribution in [0.1, 0.15) is 24.8 Å². The van der Waals surface area contributed by atoms with E-state index in [0.29, 0.717) is 0 Å². The van der Waals surface area contributed by atoms with E-state index in [-0.39, 0.29) is 0 Å². The Morgan fingerprint density at radius 3 is 2.45 bits per heavy atom. The molecule has 2 aliphatic rings. The number of benzene rings is 2. The number of hydrogen-bond donors (Lipinski definition) is 0. The Labute approximate surface area is 176 Å². The van der Waals surface area contributed by atoms with E-state index in [1.165, 1.54) is 56.6 Å². The minimum Gasteiger partial charge on any atom is -0.495 e. The van der Waals surface area contributed by atoms with Crippen LogP contribution >= 0.6 is 0 Å². The number of ether oxygens (including phenoxy) is 1. The first-order valence-electron chi connectivity index (χ1n) is 11.2. The van der Waals surface area contributed by atoms with Crippen LogP contribution in [0.15, 0.2) is 54.6 Å². The van der Waals surface area contributed by atoms with Crippen molar-refractivity contribution in [1.82, 2.24) is 9.80 Å². The van der Waals surface area contributed by atoms with Crippen molar-refractivity contribution in [2.75, 3.05) is 57.8 Å². The van der Waals surface area contributed by atoms with Crippen LogP contribution in [0.2, 0.25) is 0 Å². The van der Waals surface area contributed by atoms with E-state index in [0.717, 1.165) is 38.0 Å². The Morgan fingerprint density at radius 2 is 1.66 bits per heavy atom. The third-order valence-electron chi connectivity index (χ3n) is 6.52. The molecule has 4 heteroatoms. The first-order valence-corrected chi connectivity index (χ1v) is 11.2. The van der Waals surface area contributed by atoms with Gasteiger partial charge in [0.2, 0.25) is 0 Å². The lowest BCUT2D eigenvalue weighted by Gasteiger charge is -2.44. The summed E-state index contributed by atoms with van der Waals surface area (Å²) in [6.45, 7) is 8.22. The van der Waals surface area contributed by atoms with Crippen molar-refractivity contribution in [3.05, 3.63) is 60.2 Å². The molecule has 2 heterocycles. The summed E-state index contributed by atoms with van der Waals surface area (Å²) in [5.41, 5.74) is 2.70. The van der Waals surface area contributed by atoms with Gasteiger partial charge < -0.3 is 14.5 Å². The lowest BCUT2D eigenvalue weighted by atomic mass is 10.0. The summed E-state index contributed by atoms with van der Waals surface area (Å²) < 4.78 is 5.56. The van der Waals surface area contributed by atoms with Crippen LogP contribution in [-0.4, -0.2) is 68.8 Å². The monoisotopic (exact) mass is 393 g/mol. The van der Waals surface area contributed by atoms with Gasteiger partial charge in [0.25, 0.3) is 0 Å². The third kappa shape index (κ3) is 5.31. The number of aryl methyl sites for hydroxylation is 1. The van der Waals surface area contributed by atoms with Crippen LogP contribution in [0.5, 0.6) is 5.75 Å². The third-order valence-corrected chi connectivity index (χ3v) is 6.52. The molecular weight excluding hydrogens is 358 g/mol. The van der Waals surface area contributed by atoms with Crippen LogP contribution in [0.3, 0.4) is 0 Å². The van der Waals surface area contributed by atoms with Gasteiger partial charge in [-0.15, -0.1) is 0 Å². The second kappa shape index (κ2) is 10.1. The molecule has 29 heavy (non-hydrogen) atoms. The number of hydrogen-bond acceptors (Lipinski definition) is 4. The smallest absolute Gasteiger partial charge is 0.142 e. The average Bonchev–Trinajstić information content (AvgIpc) is 2.80. The van der Waals surface area contributed by atoms with Crippen molar-refractivity contribution < 1.29 is 4.74 Å². The summed E-state index contributed by atoms with van der Waals surface area (Å²) in [5.74, 6) is 0.989. The predicted molar refractivity (Wildman–Crippen MR) is 121 cm³/mol. The summed E-state index contributed by atoms with van der Waals surface area (Å²) in [6.07, 6.45) is 5.14. The fraction of sp³-hybridized carbons (Fsp3) is 0.520. The van der Waals surface area contributed by atoms with E-state index < -0.39 is 0 Å². The fourth-order valence-electron chi connectivity index (χ4n) is 4.90. The minimum absolute atomic E-state index is 0.722. The summed E-state index contributed by atoms with van der Waals surface area (Å²) in [7, 11) is 1.77. The molecular formula is C25H35N3O. The SMILES string of the molecule is COc1ccccc1N1CCN([C@H]2CCCN(CCCc3ccccc3)C2)CC1. The number of methoxy groups -OCH3 is 1. The molecule has 1 atom stereocenters. The van der Waals surface area contributed by atoms with Crippen molar-refractivity contribution >= 4 is 5.69 Å². The first-order chi connectivity index (χ1) is 14.3. The quantitative estimate of drug-likeness (QED) is 0.710. The number of likely N-dealkylation sites (tertiary alicyclic amines) is 1. The second-order valence-electron chi connectivity index (χ2n) is 8.38. The van der Waals surface area contributed by atoms with E-state index in [4.69, 9.17) is 4.74 Å². The number of piperidine rings is 1. The topological polar surface area (TPSA) is 19.0 Å². The highest BCUT2D eigenvalue weighted by atomic mass is 16.5. The van der Waals surface area contributed by atoms with Gasteiger partial charge in [0.15, 0.2) is 0 Å². The van der Waals surface area contributed by atoms with Crippen LogP contribution < -0.4 is 9.64 Å². The van der Waals surface area contributed by atoms with Crippen molar-refractivity contribution in [3.63, 3.8) is 0 Å². The molecule has 0 amide bonds. The Morgan fingerprint density at radius 1 is 0.897 bits per heavy atom. The van der Waals surface area contributed by atoms with Gasteiger partial charge in [0.1, 0.15) is 5.75 Å². The lowest BCUT2D eigenvalue weighted by Crippen LogP contribution is -2.55. The number of rotatable bonds is 7. The van der Waals surface area contributed by atoms with Gasteiger partial charge in [-0.25, -0.2) is 0 Å². The Hall–Kier alpha value is -2.04. The number of para-hydroxylation sites is 2. The van der Waals surface area contributed by atoms with Gasteiger partial charge in [-0.1, -0.05) is 42.5 Å².